The number of hydrogen-bond donors (Lipinski definition) is 0. The van der Waals surface area contributed by atoms with Crippen LogP contribution in [-0.4, -0.2) is 6.36 Å². The molecule has 0 aliphatic heterocycles. The SMILES string of the molecule is CCCCCCC1CCC(c2ccc(C3CCc4c(ccc(OC(F)(F)F)c4F)C3)c(F)c2)CC1. The van der Waals surface area contributed by atoms with Gasteiger partial charge in [0.2, 0.25) is 0 Å². The van der Waals surface area contributed by atoms with Crippen LogP contribution in [0.15, 0.2) is 30.3 Å². The van der Waals surface area contributed by atoms with Crippen molar-refractivity contribution in [1.29, 1.82) is 0 Å². The van der Waals surface area contributed by atoms with Crippen molar-refractivity contribution in [3.8, 4) is 5.75 Å². The van der Waals surface area contributed by atoms with Gasteiger partial charge in [-0.3, -0.25) is 0 Å². The van der Waals surface area contributed by atoms with E-state index in [0.29, 0.717) is 29.9 Å². The normalized spacial score (nSPS) is 22.6. The van der Waals surface area contributed by atoms with E-state index in [0.717, 1.165) is 30.4 Å². The number of alkyl halides is 3. The van der Waals surface area contributed by atoms with E-state index in [1.165, 1.54) is 51.0 Å². The number of halogens is 5. The van der Waals surface area contributed by atoms with Crippen LogP contribution in [0.1, 0.15) is 105 Å². The van der Waals surface area contributed by atoms with E-state index >= 15 is 4.39 Å². The molecule has 1 saturated carbocycles. The lowest BCUT2D eigenvalue weighted by Gasteiger charge is -2.30. The molecule has 1 atom stereocenters. The highest BCUT2D eigenvalue weighted by atomic mass is 19.4. The minimum Gasteiger partial charge on any atom is -0.403 e. The molecule has 1 fully saturated rings. The Hall–Kier alpha value is -2.11. The van der Waals surface area contributed by atoms with Crippen LogP contribution in [0.2, 0.25) is 0 Å². The third kappa shape index (κ3) is 6.56. The van der Waals surface area contributed by atoms with Crippen LogP contribution in [0.5, 0.6) is 5.75 Å². The molecular weight excluding hydrogens is 459 g/mol. The lowest BCUT2D eigenvalue weighted by atomic mass is 9.76. The third-order valence-electron chi connectivity index (χ3n) is 7.99. The van der Waals surface area contributed by atoms with Gasteiger partial charge >= 0.3 is 6.36 Å². The molecule has 2 aromatic carbocycles. The first-order valence-corrected chi connectivity index (χ1v) is 13.1. The van der Waals surface area contributed by atoms with Crippen LogP contribution in [0.25, 0.3) is 0 Å². The molecule has 1 nitrogen and oxygen atoms in total. The molecule has 1 unspecified atom stereocenters. The maximum absolute atomic E-state index is 15.2. The lowest BCUT2D eigenvalue weighted by molar-refractivity contribution is -0.275. The molecule has 2 aromatic rings. The van der Waals surface area contributed by atoms with Crippen molar-refractivity contribution in [2.45, 2.75) is 102 Å². The Morgan fingerprint density at radius 2 is 1.66 bits per heavy atom. The lowest BCUT2D eigenvalue weighted by Crippen LogP contribution is -2.20. The minimum atomic E-state index is -4.94. The predicted molar refractivity (Wildman–Crippen MR) is 128 cm³/mol. The summed E-state index contributed by atoms with van der Waals surface area (Å²) in [6.45, 7) is 2.23. The van der Waals surface area contributed by atoms with Crippen molar-refractivity contribution in [2.24, 2.45) is 5.92 Å². The predicted octanol–water partition coefficient (Wildman–Crippen LogP) is 9.38. The van der Waals surface area contributed by atoms with Crippen LogP contribution in [-0.2, 0) is 12.8 Å². The molecule has 192 valence electrons. The molecule has 0 N–H and O–H groups in total. The van der Waals surface area contributed by atoms with Crippen molar-refractivity contribution < 1.29 is 26.7 Å². The number of ether oxygens (including phenoxy) is 1. The number of rotatable bonds is 8. The summed E-state index contributed by atoms with van der Waals surface area (Å²) in [6.07, 6.45) is 7.37. The molecular formula is C29H35F5O. The zero-order chi connectivity index (χ0) is 25.0. The maximum atomic E-state index is 15.2. The highest BCUT2D eigenvalue weighted by molar-refractivity contribution is 5.42. The topological polar surface area (TPSA) is 9.23 Å². The second-order valence-corrected chi connectivity index (χ2v) is 10.4. The summed E-state index contributed by atoms with van der Waals surface area (Å²) in [4.78, 5) is 0. The molecule has 2 aliphatic rings. The van der Waals surface area contributed by atoms with Crippen molar-refractivity contribution in [3.63, 3.8) is 0 Å². The van der Waals surface area contributed by atoms with E-state index in [1.807, 2.05) is 12.1 Å². The van der Waals surface area contributed by atoms with Crippen LogP contribution in [0.3, 0.4) is 0 Å². The Morgan fingerprint density at radius 1 is 0.886 bits per heavy atom. The first-order valence-electron chi connectivity index (χ1n) is 13.1. The number of unbranched alkanes of at least 4 members (excludes halogenated alkanes) is 3. The van der Waals surface area contributed by atoms with Gasteiger partial charge in [-0.15, -0.1) is 13.2 Å². The van der Waals surface area contributed by atoms with Crippen molar-refractivity contribution in [3.05, 3.63) is 64.2 Å². The van der Waals surface area contributed by atoms with Gasteiger partial charge in [0.1, 0.15) is 5.82 Å². The summed E-state index contributed by atoms with van der Waals surface area (Å²) in [7, 11) is 0. The van der Waals surface area contributed by atoms with Crippen LogP contribution >= 0.6 is 0 Å². The van der Waals surface area contributed by atoms with Gasteiger partial charge < -0.3 is 4.74 Å². The maximum Gasteiger partial charge on any atom is 0.573 e. The van der Waals surface area contributed by atoms with E-state index in [-0.39, 0.29) is 23.7 Å². The molecule has 0 amide bonds. The zero-order valence-electron chi connectivity index (χ0n) is 20.4. The van der Waals surface area contributed by atoms with E-state index < -0.39 is 17.9 Å². The van der Waals surface area contributed by atoms with E-state index in [4.69, 9.17) is 0 Å². The Balaban J connectivity index is 1.37. The average molecular weight is 495 g/mol. The fourth-order valence-corrected chi connectivity index (χ4v) is 6.03. The van der Waals surface area contributed by atoms with Gasteiger partial charge in [-0.2, -0.15) is 0 Å². The van der Waals surface area contributed by atoms with Gasteiger partial charge in [0.05, 0.1) is 0 Å². The van der Waals surface area contributed by atoms with Gasteiger partial charge in [-0.05, 0) is 97.1 Å². The van der Waals surface area contributed by atoms with E-state index in [9.17, 15) is 17.6 Å². The quantitative estimate of drug-likeness (QED) is 0.262. The standard InChI is InChI=1S/C29H35F5O/c1-2-3-4-5-6-19-7-9-20(10-8-19)21-11-14-24(26(30)18-21)22-12-15-25-23(17-22)13-16-27(28(25)31)35-29(32,33)34/h11,13-14,16,18-20,22H,2-10,12,15,17H2,1H3. The van der Waals surface area contributed by atoms with Gasteiger partial charge in [-0.25, -0.2) is 8.78 Å². The number of benzene rings is 2. The highest BCUT2D eigenvalue weighted by Gasteiger charge is 2.34. The van der Waals surface area contributed by atoms with Crippen LogP contribution < -0.4 is 4.74 Å². The Kier molecular flexibility index (Phi) is 8.38. The largest absolute Gasteiger partial charge is 0.573 e. The number of hydrogen-bond acceptors (Lipinski definition) is 1. The Labute approximate surface area is 205 Å². The molecule has 0 bridgehead atoms. The summed E-state index contributed by atoms with van der Waals surface area (Å²) in [5, 5.41) is 0. The van der Waals surface area contributed by atoms with E-state index in [1.54, 1.807) is 6.07 Å². The summed E-state index contributed by atoms with van der Waals surface area (Å²) >= 11 is 0. The van der Waals surface area contributed by atoms with Gasteiger partial charge in [0, 0.05) is 0 Å². The first-order chi connectivity index (χ1) is 16.7. The second-order valence-electron chi connectivity index (χ2n) is 10.4. The molecule has 0 spiro atoms. The molecule has 0 radical (unpaired) electrons. The molecule has 4 rings (SSSR count). The molecule has 0 aromatic heterocycles. The Morgan fingerprint density at radius 3 is 2.34 bits per heavy atom. The zero-order valence-corrected chi connectivity index (χ0v) is 20.4. The van der Waals surface area contributed by atoms with E-state index in [2.05, 4.69) is 11.7 Å². The third-order valence-corrected chi connectivity index (χ3v) is 7.99. The fourth-order valence-electron chi connectivity index (χ4n) is 6.03. The van der Waals surface area contributed by atoms with Crippen LogP contribution in [0.4, 0.5) is 22.0 Å². The molecule has 35 heavy (non-hydrogen) atoms. The second kappa shape index (κ2) is 11.3. The minimum absolute atomic E-state index is 0.121. The summed E-state index contributed by atoms with van der Waals surface area (Å²) in [5.41, 5.74) is 2.53. The van der Waals surface area contributed by atoms with Gasteiger partial charge in [0.15, 0.2) is 11.6 Å². The molecule has 0 heterocycles. The van der Waals surface area contributed by atoms with Crippen molar-refractivity contribution >= 4 is 0 Å². The summed E-state index contributed by atoms with van der Waals surface area (Å²) in [6, 6.07) is 8.08. The number of fused-ring (bicyclic) bond motifs is 1. The first kappa shape index (κ1) is 26.0. The van der Waals surface area contributed by atoms with Gasteiger partial charge in [0.25, 0.3) is 0 Å². The molecule has 0 saturated heterocycles. The van der Waals surface area contributed by atoms with Crippen molar-refractivity contribution in [1.82, 2.24) is 0 Å². The van der Waals surface area contributed by atoms with Gasteiger partial charge in [-0.1, -0.05) is 57.2 Å². The average Bonchev–Trinajstić information content (AvgIpc) is 2.83. The summed E-state index contributed by atoms with van der Waals surface area (Å²) in [5.74, 6) is -0.911. The monoisotopic (exact) mass is 494 g/mol. The highest BCUT2D eigenvalue weighted by Crippen LogP contribution is 2.41. The van der Waals surface area contributed by atoms with Crippen molar-refractivity contribution in [2.75, 3.05) is 0 Å². The molecule has 2 aliphatic carbocycles. The van der Waals surface area contributed by atoms with Crippen LogP contribution in [0, 0.1) is 17.6 Å². The summed E-state index contributed by atoms with van der Waals surface area (Å²) < 4.78 is 71.1. The molecule has 6 heteroatoms. The Bertz CT molecular complexity index is 991. The smallest absolute Gasteiger partial charge is 0.403 e. The fraction of sp³-hybridized carbons (Fsp3) is 0.586.